The molecule has 0 aromatic heterocycles. The van der Waals surface area contributed by atoms with Crippen LogP contribution in [0.5, 0.6) is 0 Å². The van der Waals surface area contributed by atoms with E-state index < -0.39 is 0 Å². The molecule has 5 nitrogen and oxygen atoms in total. The first-order chi connectivity index (χ1) is 8.09. The highest BCUT2D eigenvalue weighted by Crippen LogP contribution is 1.98. The van der Waals surface area contributed by atoms with Crippen LogP contribution in [0.25, 0.3) is 0 Å². The second-order valence-corrected chi connectivity index (χ2v) is 4.85. The van der Waals surface area contributed by atoms with Gasteiger partial charge in [-0.05, 0) is 20.9 Å². The number of carbonyl (C=O) groups is 1. The van der Waals surface area contributed by atoms with E-state index in [1.54, 1.807) is 0 Å². The second-order valence-electron chi connectivity index (χ2n) is 4.85. The van der Waals surface area contributed by atoms with Crippen LogP contribution in [0.2, 0.25) is 0 Å². The Labute approximate surface area is 128 Å². The summed E-state index contributed by atoms with van der Waals surface area (Å²) in [7, 11) is 2.06. The van der Waals surface area contributed by atoms with E-state index in [2.05, 4.69) is 36.4 Å². The third-order valence-corrected chi connectivity index (χ3v) is 3.10. The second kappa shape index (κ2) is 11.7. The molecule has 1 unspecified atom stereocenters. The number of likely N-dealkylation sites (N-methyl/N-ethyl adjacent to an activating group) is 1. The number of ether oxygens (including phenoxy) is 1. The molecule has 0 radical (unpaired) electrons. The molecule has 0 saturated carbocycles. The Morgan fingerprint density at radius 3 is 2.68 bits per heavy atom. The number of morpholine rings is 1. The Hall–Kier alpha value is -0.0700. The molecule has 0 bridgehead atoms. The quantitative estimate of drug-likeness (QED) is 0.756. The first-order valence-corrected chi connectivity index (χ1v) is 6.37. The SMILES string of the molecule is CC(C)N(C)CCNC(=O)CC1COCCN1.Cl.Cl. The molecule has 1 amide bonds. The Bertz CT molecular complexity index is 237. The summed E-state index contributed by atoms with van der Waals surface area (Å²) >= 11 is 0. The van der Waals surface area contributed by atoms with Crippen LogP contribution in [0.1, 0.15) is 20.3 Å². The molecule has 1 atom stereocenters. The average Bonchev–Trinajstić information content (AvgIpc) is 2.30. The van der Waals surface area contributed by atoms with Crippen molar-refractivity contribution in [1.29, 1.82) is 0 Å². The van der Waals surface area contributed by atoms with E-state index in [4.69, 9.17) is 4.74 Å². The van der Waals surface area contributed by atoms with Gasteiger partial charge in [-0.25, -0.2) is 0 Å². The third-order valence-electron chi connectivity index (χ3n) is 3.10. The van der Waals surface area contributed by atoms with Gasteiger partial charge in [0.1, 0.15) is 0 Å². The van der Waals surface area contributed by atoms with E-state index in [1.165, 1.54) is 0 Å². The highest BCUT2D eigenvalue weighted by atomic mass is 35.5. The molecule has 116 valence electrons. The summed E-state index contributed by atoms with van der Waals surface area (Å²) in [6, 6.07) is 0.687. The summed E-state index contributed by atoms with van der Waals surface area (Å²) in [6.07, 6.45) is 0.505. The highest BCUT2D eigenvalue weighted by molar-refractivity contribution is 5.85. The van der Waals surface area contributed by atoms with Gasteiger partial charge < -0.3 is 20.3 Å². The smallest absolute Gasteiger partial charge is 0.221 e. The molecular formula is C12H27Cl2N3O2. The van der Waals surface area contributed by atoms with E-state index in [1.807, 2.05) is 0 Å². The summed E-state index contributed by atoms with van der Waals surface area (Å²) in [5.41, 5.74) is 0. The lowest BCUT2D eigenvalue weighted by Crippen LogP contribution is -2.45. The minimum absolute atomic E-state index is 0. The van der Waals surface area contributed by atoms with Crippen molar-refractivity contribution in [2.45, 2.75) is 32.4 Å². The zero-order valence-electron chi connectivity index (χ0n) is 12.0. The van der Waals surface area contributed by atoms with Gasteiger partial charge in [0.15, 0.2) is 0 Å². The van der Waals surface area contributed by atoms with Crippen molar-refractivity contribution in [3.63, 3.8) is 0 Å². The predicted octanol–water partition coefficient (Wildman–Crippen LogP) is 0.665. The normalized spacial score (nSPS) is 18.7. The van der Waals surface area contributed by atoms with Gasteiger partial charge >= 0.3 is 0 Å². The summed E-state index contributed by atoms with van der Waals surface area (Å²) < 4.78 is 5.31. The maximum atomic E-state index is 11.6. The molecular weight excluding hydrogens is 289 g/mol. The number of nitrogens with zero attached hydrogens (tertiary/aromatic N) is 1. The van der Waals surface area contributed by atoms with Gasteiger partial charge in [0, 0.05) is 38.1 Å². The Balaban J connectivity index is 0. The summed E-state index contributed by atoms with van der Waals surface area (Å²) in [5.74, 6) is 0.102. The van der Waals surface area contributed by atoms with Gasteiger partial charge in [-0.1, -0.05) is 0 Å². The number of hydrogen-bond acceptors (Lipinski definition) is 4. The van der Waals surface area contributed by atoms with Gasteiger partial charge in [-0.15, -0.1) is 24.8 Å². The number of halogens is 2. The van der Waals surface area contributed by atoms with E-state index >= 15 is 0 Å². The monoisotopic (exact) mass is 315 g/mol. The van der Waals surface area contributed by atoms with Crippen molar-refractivity contribution in [2.75, 3.05) is 39.9 Å². The Kier molecular flexibility index (Phi) is 13.1. The van der Waals surface area contributed by atoms with Crippen molar-refractivity contribution < 1.29 is 9.53 Å². The van der Waals surface area contributed by atoms with Gasteiger partial charge in [-0.3, -0.25) is 4.79 Å². The summed E-state index contributed by atoms with van der Waals surface area (Å²) in [5, 5.41) is 6.21. The number of rotatable bonds is 6. The van der Waals surface area contributed by atoms with Crippen molar-refractivity contribution >= 4 is 30.7 Å². The number of hydrogen-bond donors (Lipinski definition) is 2. The summed E-state index contributed by atoms with van der Waals surface area (Å²) in [6.45, 7) is 8.11. The van der Waals surface area contributed by atoms with Crippen LogP contribution in [0, 0.1) is 0 Å². The fourth-order valence-corrected chi connectivity index (χ4v) is 1.68. The van der Waals surface area contributed by atoms with Crippen LogP contribution >= 0.6 is 24.8 Å². The fraction of sp³-hybridized carbons (Fsp3) is 0.917. The fourth-order valence-electron chi connectivity index (χ4n) is 1.68. The van der Waals surface area contributed by atoms with Crippen molar-refractivity contribution in [1.82, 2.24) is 15.5 Å². The first kappa shape index (κ1) is 21.2. The predicted molar refractivity (Wildman–Crippen MR) is 82.5 cm³/mol. The Morgan fingerprint density at radius 1 is 1.47 bits per heavy atom. The van der Waals surface area contributed by atoms with Gasteiger partial charge in [0.05, 0.1) is 13.2 Å². The van der Waals surface area contributed by atoms with Gasteiger partial charge in [0.2, 0.25) is 5.91 Å². The van der Waals surface area contributed by atoms with Crippen LogP contribution in [0.4, 0.5) is 0 Å². The lowest BCUT2D eigenvalue weighted by atomic mass is 10.2. The lowest BCUT2D eigenvalue weighted by Gasteiger charge is -2.24. The van der Waals surface area contributed by atoms with Crippen LogP contribution in [-0.2, 0) is 9.53 Å². The molecule has 7 heteroatoms. The standard InChI is InChI=1S/C12H25N3O2.2ClH/c1-10(2)15(3)6-4-14-12(16)8-11-9-17-7-5-13-11;;/h10-11,13H,4-9H2,1-3H3,(H,14,16);2*1H. The first-order valence-electron chi connectivity index (χ1n) is 6.37. The van der Waals surface area contributed by atoms with E-state index in [9.17, 15) is 4.79 Å². The molecule has 0 aromatic rings. The minimum Gasteiger partial charge on any atom is -0.378 e. The van der Waals surface area contributed by atoms with Crippen molar-refractivity contribution in [3.05, 3.63) is 0 Å². The maximum absolute atomic E-state index is 11.6. The van der Waals surface area contributed by atoms with Crippen molar-refractivity contribution in [2.24, 2.45) is 0 Å². The van der Waals surface area contributed by atoms with Crippen LogP contribution in [0.15, 0.2) is 0 Å². The minimum atomic E-state index is 0. The van der Waals surface area contributed by atoms with E-state index in [-0.39, 0.29) is 36.8 Å². The van der Waals surface area contributed by atoms with Gasteiger partial charge in [0.25, 0.3) is 0 Å². The van der Waals surface area contributed by atoms with Gasteiger partial charge in [-0.2, -0.15) is 0 Å². The molecule has 1 fully saturated rings. The topological polar surface area (TPSA) is 53.6 Å². The molecule has 19 heavy (non-hydrogen) atoms. The molecule has 1 heterocycles. The molecule has 1 rings (SSSR count). The molecule has 0 spiro atoms. The highest BCUT2D eigenvalue weighted by Gasteiger charge is 2.16. The van der Waals surface area contributed by atoms with E-state index in [0.717, 1.165) is 19.7 Å². The number of nitrogens with one attached hydrogen (secondary N) is 2. The van der Waals surface area contributed by atoms with Crippen LogP contribution in [-0.4, -0.2) is 62.8 Å². The molecule has 2 N–H and O–H groups in total. The zero-order valence-corrected chi connectivity index (χ0v) is 13.6. The molecule has 0 aliphatic carbocycles. The molecule has 1 saturated heterocycles. The molecule has 1 aliphatic heterocycles. The lowest BCUT2D eigenvalue weighted by molar-refractivity contribution is -0.122. The van der Waals surface area contributed by atoms with Crippen LogP contribution < -0.4 is 10.6 Å². The molecule has 0 aromatic carbocycles. The van der Waals surface area contributed by atoms with Crippen molar-refractivity contribution in [3.8, 4) is 0 Å². The maximum Gasteiger partial charge on any atom is 0.221 e. The molecule has 1 aliphatic rings. The van der Waals surface area contributed by atoms with E-state index in [0.29, 0.717) is 25.6 Å². The summed E-state index contributed by atoms with van der Waals surface area (Å²) in [4.78, 5) is 13.8. The van der Waals surface area contributed by atoms with Crippen LogP contribution in [0.3, 0.4) is 0 Å². The number of carbonyl (C=O) groups excluding carboxylic acids is 1. The zero-order chi connectivity index (χ0) is 12.7. The third kappa shape index (κ3) is 9.46. The number of amides is 1. The Morgan fingerprint density at radius 2 is 2.16 bits per heavy atom. The average molecular weight is 316 g/mol. The largest absolute Gasteiger partial charge is 0.378 e.